The molecule has 0 bridgehead atoms. The van der Waals surface area contributed by atoms with Gasteiger partial charge in [-0.3, -0.25) is 0 Å². The summed E-state index contributed by atoms with van der Waals surface area (Å²) in [7, 11) is 0. The van der Waals surface area contributed by atoms with Crippen LogP contribution in [0.25, 0.3) is 0 Å². The van der Waals surface area contributed by atoms with E-state index in [1.807, 2.05) is 0 Å². The summed E-state index contributed by atoms with van der Waals surface area (Å²) in [5.41, 5.74) is 0. The standard InChI is InChI=1S/C9H16O/c1-3-5-6-7-9-10-8-4-2/h4-6H,2-3,7-9H2,1H3/b6-5-. The normalized spacial score (nSPS) is 10.5. The van der Waals surface area contributed by atoms with Crippen LogP contribution in [0.3, 0.4) is 0 Å². The van der Waals surface area contributed by atoms with E-state index in [0.717, 1.165) is 19.4 Å². The van der Waals surface area contributed by atoms with Gasteiger partial charge in [-0.2, -0.15) is 0 Å². The Morgan fingerprint density at radius 2 is 2.20 bits per heavy atom. The van der Waals surface area contributed by atoms with Crippen molar-refractivity contribution in [3.8, 4) is 0 Å². The highest BCUT2D eigenvalue weighted by molar-refractivity contribution is 4.79. The molecule has 1 nitrogen and oxygen atoms in total. The van der Waals surface area contributed by atoms with Crippen LogP contribution >= 0.6 is 0 Å². The summed E-state index contributed by atoms with van der Waals surface area (Å²) >= 11 is 0. The maximum Gasteiger partial charge on any atom is 0.0644 e. The van der Waals surface area contributed by atoms with E-state index in [4.69, 9.17) is 4.74 Å². The minimum Gasteiger partial charge on any atom is -0.377 e. The number of rotatable bonds is 6. The van der Waals surface area contributed by atoms with Crippen LogP contribution in [0.1, 0.15) is 19.8 Å². The van der Waals surface area contributed by atoms with Gasteiger partial charge in [-0.15, -0.1) is 6.58 Å². The summed E-state index contributed by atoms with van der Waals surface area (Å²) in [6.45, 7) is 7.15. The first-order valence-electron chi connectivity index (χ1n) is 3.75. The molecule has 0 aliphatic heterocycles. The molecule has 0 aliphatic carbocycles. The number of ether oxygens (including phenoxy) is 1. The first-order chi connectivity index (χ1) is 4.91. The summed E-state index contributed by atoms with van der Waals surface area (Å²) in [4.78, 5) is 0. The Hall–Kier alpha value is -0.560. The lowest BCUT2D eigenvalue weighted by atomic mass is 10.3. The molecule has 0 rings (SSSR count). The van der Waals surface area contributed by atoms with Gasteiger partial charge in [0.2, 0.25) is 0 Å². The summed E-state index contributed by atoms with van der Waals surface area (Å²) in [6.07, 6.45) is 8.19. The van der Waals surface area contributed by atoms with E-state index in [1.165, 1.54) is 0 Å². The van der Waals surface area contributed by atoms with Gasteiger partial charge in [0.15, 0.2) is 0 Å². The second-order valence-corrected chi connectivity index (χ2v) is 2.03. The van der Waals surface area contributed by atoms with Crippen molar-refractivity contribution in [1.29, 1.82) is 0 Å². The zero-order chi connectivity index (χ0) is 7.66. The van der Waals surface area contributed by atoms with E-state index in [2.05, 4.69) is 25.7 Å². The number of hydrogen-bond donors (Lipinski definition) is 0. The molecule has 0 saturated carbocycles. The Morgan fingerprint density at radius 3 is 2.80 bits per heavy atom. The van der Waals surface area contributed by atoms with Crippen molar-refractivity contribution in [3.63, 3.8) is 0 Å². The van der Waals surface area contributed by atoms with Gasteiger partial charge in [-0.1, -0.05) is 25.2 Å². The predicted molar refractivity (Wildman–Crippen MR) is 45.1 cm³/mol. The molecule has 1 heteroatoms. The van der Waals surface area contributed by atoms with Crippen LogP contribution in [-0.2, 0) is 4.74 Å². The second-order valence-electron chi connectivity index (χ2n) is 2.03. The van der Waals surface area contributed by atoms with Gasteiger partial charge in [-0.25, -0.2) is 0 Å². The highest BCUT2D eigenvalue weighted by Gasteiger charge is 1.79. The average molecular weight is 140 g/mol. The van der Waals surface area contributed by atoms with Gasteiger partial charge in [0.05, 0.1) is 13.2 Å². The fourth-order valence-electron chi connectivity index (χ4n) is 0.603. The lowest BCUT2D eigenvalue weighted by Gasteiger charge is -1.94. The molecule has 0 atom stereocenters. The molecule has 0 aromatic carbocycles. The quantitative estimate of drug-likeness (QED) is 0.407. The van der Waals surface area contributed by atoms with Crippen molar-refractivity contribution in [1.82, 2.24) is 0 Å². The lowest BCUT2D eigenvalue weighted by Crippen LogP contribution is -1.91. The Kier molecular flexibility index (Phi) is 7.97. The van der Waals surface area contributed by atoms with Gasteiger partial charge in [0.1, 0.15) is 0 Å². The highest BCUT2D eigenvalue weighted by atomic mass is 16.5. The third-order valence-corrected chi connectivity index (χ3v) is 1.07. The van der Waals surface area contributed by atoms with Crippen molar-refractivity contribution in [2.24, 2.45) is 0 Å². The van der Waals surface area contributed by atoms with Crippen LogP contribution in [0, 0.1) is 0 Å². The minimum atomic E-state index is 0.667. The van der Waals surface area contributed by atoms with Gasteiger partial charge in [-0.05, 0) is 12.8 Å². The summed E-state index contributed by atoms with van der Waals surface area (Å²) < 4.78 is 5.16. The molecule has 58 valence electrons. The molecule has 0 aromatic rings. The Bertz CT molecular complexity index is 94.9. The topological polar surface area (TPSA) is 9.23 Å². The van der Waals surface area contributed by atoms with Crippen LogP contribution < -0.4 is 0 Å². The molecule has 0 aromatic heterocycles. The number of hydrogen-bond acceptors (Lipinski definition) is 1. The summed E-state index contributed by atoms with van der Waals surface area (Å²) in [5, 5.41) is 0. The molecule has 0 spiro atoms. The van der Waals surface area contributed by atoms with E-state index in [-0.39, 0.29) is 0 Å². The third kappa shape index (κ3) is 7.44. The maximum absolute atomic E-state index is 5.16. The Morgan fingerprint density at radius 1 is 1.40 bits per heavy atom. The van der Waals surface area contributed by atoms with Crippen molar-refractivity contribution in [3.05, 3.63) is 24.8 Å². The zero-order valence-electron chi connectivity index (χ0n) is 6.68. The Balaban J connectivity index is 2.89. The van der Waals surface area contributed by atoms with Crippen LogP contribution in [0.2, 0.25) is 0 Å². The fourth-order valence-corrected chi connectivity index (χ4v) is 0.603. The molecular weight excluding hydrogens is 124 g/mol. The molecule has 0 radical (unpaired) electrons. The second kappa shape index (κ2) is 8.44. The maximum atomic E-state index is 5.16. The van der Waals surface area contributed by atoms with E-state index < -0.39 is 0 Å². The van der Waals surface area contributed by atoms with Crippen LogP contribution in [0.15, 0.2) is 24.8 Å². The molecule has 0 saturated heterocycles. The molecule has 0 aliphatic rings. The number of allylic oxidation sites excluding steroid dienone is 1. The first-order valence-corrected chi connectivity index (χ1v) is 3.75. The molecular formula is C9H16O. The molecule has 0 N–H and O–H groups in total. The first kappa shape index (κ1) is 9.44. The predicted octanol–water partition coefficient (Wildman–Crippen LogP) is 2.55. The largest absolute Gasteiger partial charge is 0.377 e. The van der Waals surface area contributed by atoms with Crippen molar-refractivity contribution in [2.45, 2.75) is 19.8 Å². The molecule has 0 heterocycles. The van der Waals surface area contributed by atoms with Crippen LogP contribution in [0.5, 0.6) is 0 Å². The molecule has 0 amide bonds. The van der Waals surface area contributed by atoms with Gasteiger partial charge < -0.3 is 4.74 Å². The van der Waals surface area contributed by atoms with Crippen LogP contribution in [0.4, 0.5) is 0 Å². The summed E-state index contributed by atoms with van der Waals surface area (Å²) in [5.74, 6) is 0. The van der Waals surface area contributed by atoms with E-state index in [9.17, 15) is 0 Å². The van der Waals surface area contributed by atoms with E-state index in [1.54, 1.807) is 6.08 Å². The SMILES string of the molecule is C=CCOCC/C=C\CC. The Labute approximate surface area is 63.4 Å². The average Bonchev–Trinajstić information content (AvgIpc) is 1.97. The van der Waals surface area contributed by atoms with Crippen molar-refractivity contribution in [2.75, 3.05) is 13.2 Å². The van der Waals surface area contributed by atoms with Crippen molar-refractivity contribution >= 4 is 0 Å². The van der Waals surface area contributed by atoms with Gasteiger partial charge >= 0.3 is 0 Å². The zero-order valence-corrected chi connectivity index (χ0v) is 6.68. The summed E-state index contributed by atoms with van der Waals surface area (Å²) in [6, 6.07) is 0. The lowest BCUT2D eigenvalue weighted by molar-refractivity contribution is 0.167. The minimum absolute atomic E-state index is 0.667. The van der Waals surface area contributed by atoms with E-state index in [0.29, 0.717) is 6.61 Å². The van der Waals surface area contributed by atoms with E-state index >= 15 is 0 Å². The van der Waals surface area contributed by atoms with Gasteiger partial charge in [0, 0.05) is 0 Å². The van der Waals surface area contributed by atoms with Crippen LogP contribution in [-0.4, -0.2) is 13.2 Å². The van der Waals surface area contributed by atoms with Crippen molar-refractivity contribution < 1.29 is 4.74 Å². The van der Waals surface area contributed by atoms with Gasteiger partial charge in [0.25, 0.3) is 0 Å². The smallest absolute Gasteiger partial charge is 0.0644 e. The molecule has 0 unspecified atom stereocenters. The fraction of sp³-hybridized carbons (Fsp3) is 0.556. The molecule has 0 fully saturated rings. The monoisotopic (exact) mass is 140 g/mol. The molecule has 10 heavy (non-hydrogen) atoms. The third-order valence-electron chi connectivity index (χ3n) is 1.07. The highest BCUT2D eigenvalue weighted by Crippen LogP contribution is 1.87.